The topological polar surface area (TPSA) is 52.3 Å². The lowest BCUT2D eigenvalue weighted by Crippen LogP contribution is -2.27. The predicted octanol–water partition coefficient (Wildman–Crippen LogP) is 3.57. The zero-order valence-corrected chi connectivity index (χ0v) is 13.8. The smallest absolute Gasteiger partial charge is 0.491 e. The van der Waals surface area contributed by atoms with Gasteiger partial charge in [-0.2, -0.15) is 0 Å². The van der Waals surface area contributed by atoms with Gasteiger partial charge >= 0.3 is 7.12 Å². The van der Waals surface area contributed by atoms with Crippen LogP contribution in [0.2, 0.25) is 0 Å². The van der Waals surface area contributed by atoms with E-state index in [0.717, 1.165) is 23.9 Å². The Balaban J connectivity index is 1.55. The maximum atomic E-state index is 9.68. The van der Waals surface area contributed by atoms with Crippen molar-refractivity contribution >= 4 is 18.3 Å². The van der Waals surface area contributed by atoms with Crippen molar-refractivity contribution in [1.29, 1.82) is 0 Å². The Kier molecular flexibility index (Phi) is 4.35. The second-order valence-electron chi connectivity index (χ2n) is 6.39. The average Bonchev–Trinajstić information content (AvgIpc) is 3.25. The Morgan fingerprint density at radius 2 is 1.88 bits per heavy atom. The zero-order chi connectivity index (χ0) is 17.2. The van der Waals surface area contributed by atoms with E-state index in [9.17, 15) is 5.02 Å². The number of ether oxygens (including phenoxy) is 2. The molecule has 0 spiro atoms. The first-order chi connectivity index (χ1) is 12.2. The van der Waals surface area contributed by atoms with Crippen molar-refractivity contribution in [2.45, 2.75) is 38.4 Å². The fraction of sp³-hybridized carbons (Fsp3) is 0.316. The molecule has 0 saturated heterocycles. The van der Waals surface area contributed by atoms with Crippen LogP contribution in [-0.4, -0.2) is 18.2 Å². The van der Waals surface area contributed by atoms with Gasteiger partial charge in [-0.15, -0.1) is 0 Å². The van der Waals surface area contributed by atoms with E-state index in [-0.39, 0.29) is 6.10 Å². The maximum absolute atomic E-state index is 9.68. The van der Waals surface area contributed by atoms with E-state index < -0.39 is 7.12 Å². The molecule has 2 aliphatic rings. The molecule has 1 heterocycles. The molecule has 2 aromatic rings. The van der Waals surface area contributed by atoms with Crippen LogP contribution in [0.15, 0.2) is 36.4 Å². The van der Waals surface area contributed by atoms with Crippen molar-refractivity contribution < 1.29 is 19.2 Å². The molecule has 0 amide bonds. The van der Waals surface area contributed by atoms with E-state index in [1.165, 1.54) is 12.8 Å². The Bertz CT molecular complexity index is 827. The number of hydrogen-bond donors (Lipinski definition) is 1. The SMILES string of the molecule is [C-]#[N+]c1ccc(Oc2ccc3c(c2)COB3O)cc1OC1CCCC1. The largest absolute Gasteiger partial charge is 0.501 e. The van der Waals surface area contributed by atoms with E-state index in [4.69, 9.17) is 20.7 Å². The summed E-state index contributed by atoms with van der Waals surface area (Å²) < 4.78 is 17.1. The quantitative estimate of drug-likeness (QED) is 0.686. The van der Waals surface area contributed by atoms with Gasteiger partial charge in [0.2, 0.25) is 5.69 Å². The highest BCUT2D eigenvalue weighted by molar-refractivity contribution is 6.61. The lowest BCUT2D eigenvalue weighted by molar-refractivity contribution is 0.211. The second kappa shape index (κ2) is 6.79. The van der Waals surface area contributed by atoms with E-state index in [2.05, 4.69) is 4.85 Å². The molecule has 4 rings (SSSR count). The summed E-state index contributed by atoms with van der Waals surface area (Å²) >= 11 is 0. The van der Waals surface area contributed by atoms with Crippen molar-refractivity contribution in [3.8, 4) is 17.2 Å². The Labute approximate surface area is 147 Å². The highest BCUT2D eigenvalue weighted by atomic mass is 16.5. The molecule has 0 radical (unpaired) electrons. The van der Waals surface area contributed by atoms with Crippen LogP contribution in [0.4, 0.5) is 5.69 Å². The van der Waals surface area contributed by atoms with E-state index in [0.29, 0.717) is 29.5 Å². The lowest BCUT2D eigenvalue weighted by atomic mass is 9.80. The first-order valence-corrected chi connectivity index (χ1v) is 8.51. The Hall–Kier alpha value is -2.49. The van der Waals surface area contributed by atoms with Crippen molar-refractivity contribution in [1.82, 2.24) is 0 Å². The van der Waals surface area contributed by atoms with Gasteiger partial charge < -0.3 is 19.2 Å². The van der Waals surface area contributed by atoms with Crippen molar-refractivity contribution in [2.24, 2.45) is 0 Å². The minimum Gasteiger partial charge on any atom is -0.501 e. The molecule has 1 aliphatic carbocycles. The molecule has 0 unspecified atom stereocenters. The molecule has 5 nitrogen and oxygen atoms in total. The summed E-state index contributed by atoms with van der Waals surface area (Å²) in [6.07, 6.45) is 4.62. The average molecular weight is 335 g/mol. The van der Waals surface area contributed by atoms with Crippen molar-refractivity contribution in [3.05, 3.63) is 53.4 Å². The molecule has 2 aromatic carbocycles. The summed E-state index contributed by atoms with van der Waals surface area (Å²) in [5.41, 5.74) is 2.20. The summed E-state index contributed by atoms with van der Waals surface area (Å²) in [5, 5.41) is 9.68. The molecule has 6 heteroatoms. The minimum absolute atomic E-state index is 0.189. The molecule has 0 atom stereocenters. The summed E-state index contributed by atoms with van der Waals surface area (Å²) in [7, 11) is -0.853. The van der Waals surface area contributed by atoms with Crippen molar-refractivity contribution in [2.75, 3.05) is 0 Å². The van der Waals surface area contributed by atoms with Gasteiger partial charge in [0.25, 0.3) is 0 Å². The first kappa shape index (κ1) is 16.0. The summed E-state index contributed by atoms with van der Waals surface area (Å²) in [4.78, 5) is 3.54. The van der Waals surface area contributed by atoms with E-state index >= 15 is 0 Å². The number of benzene rings is 2. The van der Waals surface area contributed by atoms with Gasteiger partial charge in [-0.3, -0.25) is 0 Å². The van der Waals surface area contributed by atoms with Crippen LogP contribution < -0.4 is 14.9 Å². The molecular formula is C19H18BNO4. The minimum atomic E-state index is -0.853. The third-order valence-electron chi connectivity index (χ3n) is 4.66. The monoisotopic (exact) mass is 335 g/mol. The van der Waals surface area contributed by atoms with Gasteiger partial charge in [0, 0.05) is 6.07 Å². The molecule has 1 aliphatic heterocycles. The zero-order valence-electron chi connectivity index (χ0n) is 13.8. The fourth-order valence-electron chi connectivity index (χ4n) is 3.34. The summed E-state index contributed by atoms with van der Waals surface area (Å²) in [6, 6.07) is 10.8. The van der Waals surface area contributed by atoms with Crippen LogP contribution in [-0.2, 0) is 11.3 Å². The Morgan fingerprint density at radius 1 is 1.12 bits per heavy atom. The van der Waals surface area contributed by atoms with Gasteiger partial charge in [0.1, 0.15) is 17.2 Å². The molecule has 1 N–H and O–H groups in total. The third kappa shape index (κ3) is 3.34. The molecule has 0 bridgehead atoms. The van der Waals surface area contributed by atoms with E-state index in [1.807, 2.05) is 12.1 Å². The van der Waals surface area contributed by atoms with Crippen LogP contribution in [0.1, 0.15) is 31.2 Å². The number of hydrogen-bond acceptors (Lipinski definition) is 4. The normalized spacial score (nSPS) is 16.6. The van der Waals surface area contributed by atoms with Crippen LogP contribution in [0.25, 0.3) is 4.85 Å². The van der Waals surface area contributed by atoms with Gasteiger partial charge in [0.15, 0.2) is 0 Å². The van der Waals surface area contributed by atoms with Crippen LogP contribution in [0.3, 0.4) is 0 Å². The lowest BCUT2D eigenvalue weighted by Gasteiger charge is -2.16. The molecule has 1 saturated carbocycles. The maximum Gasteiger partial charge on any atom is 0.491 e. The van der Waals surface area contributed by atoms with Gasteiger partial charge in [0.05, 0.1) is 19.3 Å². The highest BCUT2D eigenvalue weighted by Crippen LogP contribution is 2.36. The molecule has 25 heavy (non-hydrogen) atoms. The number of rotatable bonds is 4. The van der Waals surface area contributed by atoms with E-state index in [1.54, 1.807) is 24.3 Å². The van der Waals surface area contributed by atoms with Crippen LogP contribution >= 0.6 is 0 Å². The molecule has 0 aromatic heterocycles. The summed E-state index contributed by atoms with van der Waals surface area (Å²) in [6.45, 7) is 7.69. The predicted molar refractivity (Wildman–Crippen MR) is 94.5 cm³/mol. The van der Waals surface area contributed by atoms with Crippen LogP contribution in [0.5, 0.6) is 17.2 Å². The van der Waals surface area contributed by atoms with Crippen LogP contribution in [0, 0.1) is 6.57 Å². The number of fused-ring (bicyclic) bond motifs is 1. The molecular weight excluding hydrogens is 317 g/mol. The van der Waals surface area contributed by atoms with Crippen molar-refractivity contribution in [3.63, 3.8) is 0 Å². The molecule has 1 fully saturated rings. The standard InChI is InChI=1S/C19H18BNO4/c1-21-18-9-7-16(11-19(18)25-14-4-2-3-5-14)24-15-6-8-17-13(10-15)12-23-20(17)22/h6-11,14,22H,2-5,12H2. The van der Waals surface area contributed by atoms with Gasteiger partial charge in [-0.05, 0) is 61.0 Å². The Morgan fingerprint density at radius 3 is 2.68 bits per heavy atom. The molecule has 126 valence electrons. The van der Waals surface area contributed by atoms with Gasteiger partial charge in [-0.1, -0.05) is 6.07 Å². The van der Waals surface area contributed by atoms with Gasteiger partial charge in [-0.25, -0.2) is 4.85 Å². The highest BCUT2D eigenvalue weighted by Gasteiger charge is 2.27. The second-order valence-corrected chi connectivity index (χ2v) is 6.39. The number of nitrogens with zero attached hydrogens (tertiary/aromatic N) is 1. The third-order valence-corrected chi connectivity index (χ3v) is 4.66. The summed E-state index contributed by atoms with van der Waals surface area (Å²) in [5.74, 6) is 1.87. The fourth-order valence-corrected chi connectivity index (χ4v) is 3.34. The first-order valence-electron chi connectivity index (χ1n) is 8.51.